The molecule has 3 aromatic rings. The van der Waals surface area contributed by atoms with Crippen LogP contribution in [-0.2, 0) is 15.8 Å². The number of aliphatic hydroxyl groups is 1. The van der Waals surface area contributed by atoms with Gasteiger partial charge in [-0.1, -0.05) is 18.2 Å². The highest BCUT2D eigenvalue weighted by molar-refractivity contribution is 7.10. The van der Waals surface area contributed by atoms with Gasteiger partial charge >= 0.3 is 0 Å². The van der Waals surface area contributed by atoms with Crippen LogP contribution in [0.2, 0.25) is 0 Å². The zero-order valence-electron chi connectivity index (χ0n) is 13.9. The maximum atomic E-state index is 13.2. The van der Waals surface area contributed by atoms with Crippen LogP contribution >= 0.6 is 22.7 Å². The SMILES string of the molecule is O=C(NC[C@@](O)(c1ccsc1)c1cccs1)C1(c2ccc(F)cc2)CC1. The summed E-state index contributed by atoms with van der Waals surface area (Å²) in [6.45, 7) is 0.103. The van der Waals surface area contributed by atoms with Crippen LogP contribution in [0.3, 0.4) is 0 Å². The van der Waals surface area contributed by atoms with E-state index in [4.69, 9.17) is 0 Å². The molecular formula is C20H18FNO2S2. The topological polar surface area (TPSA) is 49.3 Å². The number of carbonyl (C=O) groups is 1. The van der Waals surface area contributed by atoms with Crippen LogP contribution in [0.1, 0.15) is 28.8 Å². The third-order valence-electron chi connectivity index (χ3n) is 5.01. The van der Waals surface area contributed by atoms with Crippen LogP contribution < -0.4 is 5.32 Å². The molecule has 0 aliphatic heterocycles. The van der Waals surface area contributed by atoms with Crippen LogP contribution in [0.15, 0.2) is 58.6 Å². The molecule has 1 fully saturated rings. The van der Waals surface area contributed by atoms with E-state index >= 15 is 0 Å². The molecule has 0 bridgehead atoms. The van der Waals surface area contributed by atoms with E-state index in [1.807, 2.05) is 34.3 Å². The van der Waals surface area contributed by atoms with E-state index in [0.29, 0.717) is 0 Å². The lowest BCUT2D eigenvalue weighted by Crippen LogP contribution is -2.44. The van der Waals surface area contributed by atoms with E-state index in [0.717, 1.165) is 28.8 Å². The smallest absolute Gasteiger partial charge is 0.230 e. The second-order valence-corrected chi connectivity index (χ2v) is 8.35. The minimum absolute atomic E-state index is 0.103. The van der Waals surface area contributed by atoms with E-state index in [9.17, 15) is 14.3 Å². The summed E-state index contributed by atoms with van der Waals surface area (Å²) >= 11 is 2.97. The minimum Gasteiger partial charge on any atom is -0.378 e. The number of halogens is 1. The number of hydrogen-bond acceptors (Lipinski definition) is 4. The zero-order chi connectivity index (χ0) is 18.2. The Bertz CT molecular complexity index is 850. The molecule has 1 aliphatic carbocycles. The van der Waals surface area contributed by atoms with E-state index < -0.39 is 11.0 Å². The lowest BCUT2D eigenvalue weighted by molar-refractivity contribution is -0.124. The lowest BCUT2D eigenvalue weighted by atomic mass is 9.92. The van der Waals surface area contributed by atoms with Gasteiger partial charge in [0.05, 0.1) is 12.0 Å². The Morgan fingerprint density at radius 1 is 1.19 bits per heavy atom. The van der Waals surface area contributed by atoms with Gasteiger partial charge in [0.2, 0.25) is 5.91 Å². The summed E-state index contributed by atoms with van der Waals surface area (Å²) < 4.78 is 13.2. The molecule has 0 saturated heterocycles. The van der Waals surface area contributed by atoms with Crippen molar-refractivity contribution in [1.29, 1.82) is 0 Å². The van der Waals surface area contributed by atoms with Crippen LogP contribution in [0, 0.1) is 5.82 Å². The number of carbonyl (C=O) groups excluding carboxylic acids is 1. The lowest BCUT2D eigenvalue weighted by Gasteiger charge is -2.28. The summed E-state index contributed by atoms with van der Waals surface area (Å²) in [5, 5.41) is 20.0. The van der Waals surface area contributed by atoms with E-state index in [-0.39, 0.29) is 18.3 Å². The fourth-order valence-corrected chi connectivity index (χ4v) is 4.83. The Balaban J connectivity index is 1.55. The Morgan fingerprint density at radius 3 is 2.54 bits per heavy atom. The minimum atomic E-state index is -1.25. The summed E-state index contributed by atoms with van der Waals surface area (Å²) in [4.78, 5) is 13.7. The molecule has 1 amide bonds. The molecule has 6 heteroatoms. The summed E-state index contributed by atoms with van der Waals surface area (Å²) in [5.41, 5.74) is -0.245. The molecule has 0 spiro atoms. The average Bonchev–Trinajstić information content (AvgIpc) is 3.08. The van der Waals surface area contributed by atoms with Gasteiger partial charge in [-0.05, 0) is 58.8 Å². The number of thiophene rings is 2. The first-order valence-corrected chi connectivity index (χ1v) is 10.2. The van der Waals surface area contributed by atoms with Crippen molar-refractivity contribution in [3.8, 4) is 0 Å². The van der Waals surface area contributed by atoms with Crippen molar-refractivity contribution < 1.29 is 14.3 Å². The molecule has 1 saturated carbocycles. The third kappa shape index (κ3) is 2.98. The predicted octanol–water partition coefficient (Wildman–Crippen LogP) is 4.03. The molecule has 2 heterocycles. The fraction of sp³-hybridized carbons (Fsp3) is 0.250. The molecule has 2 aromatic heterocycles. The first-order chi connectivity index (χ1) is 12.5. The number of benzene rings is 1. The molecule has 134 valence electrons. The first kappa shape index (κ1) is 17.4. The molecular weight excluding hydrogens is 369 g/mol. The molecule has 1 aliphatic rings. The monoisotopic (exact) mass is 387 g/mol. The highest BCUT2D eigenvalue weighted by Gasteiger charge is 2.51. The summed E-state index contributed by atoms with van der Waals surface area (Å²) in [6, 6.07) is 11.8. The standard InChI is InChI=1S/C20H18FNO2S2/c21-16-5-3-14(4-6-16)19(8-9-19)18(23)22-13-20(24,15-7-11-25-12-15)17-2-1-10-26-17/h1-7,10-12,24H,8-9,13H2,(H,22,23)/t20-/m1/s1. The summed E-state index contributed by atoms with van der Waals surface area (Å²) in [7, 11) is 0. The van der Waals surface area contributed by atoms with Crippen LogP contribution in [0.4, 0.5) is 4.39 Å². The maximum Gasteiger partial charge on any atom is 0.230 e. The fourth-order valence-electron chi connectivity index (χ4n) is 3.26. The van der Waals surface area contributed by atoms with Gasteiger partial charge < -0.3 is 10.4 Å². The van der Waals surface area contributed by atoms with Gasteiger partial charge in [0.1, 0.15) is 11.4 Å². The highest BCUT2D eigenvalue weighted by atomic mass is 32.1. The second kappa shape index (κ2) is 6.61. The number of hydrogen-bond donors (Lipinski definition) is 2. The Hall–Kier alpha value is -2.02. The summed E-state index contributed by atoms with van der Waals surface area (Å²) in [6.07, 6.45) is 1.47. The molecule has 1 atom stereocenters. The molecule has 2 N–H and O–H groups in total. The highest BCUT2D eigenvalue weighted by Crippen LogP contribution is 2.48. The van der Waals surface area contributed by atoms with Crippen molar-refractivity contribution in [1.82, 2.24) is 5.32 Å². The Kier molecular flexibility index (Phi) is 4.42. The summed E-state index contributed by atoms with van der Waals surface area (Å²) in [5.74, 6) is -0.427. The van der Waals surface area contributed by atoms with Crippen molar-refractivity contribution in [2.75, 3.05) is 6.54 Å². The number of rotatable bonds is 6. The third-order valence-corrected chi connectivity index (χ3v) is 6.72. The van der Waals surface area contributed by atoms with Crippen molar-refractivity contribution in [2.24, 2.45) is 0 Å². The van der Waals surface area contributed by atoms with Crippen molar-refractivity contribution in [2.45, 2.75) is 23.9 Å². The molecule has 1 aromatic carbocycles. The molecule has 3 nitrogen and oxygen atoms in total. The Morgan fingerprint density at radius 2 is 1.96 bits per heavy atom. The van der Waals surface area contributed by atoms with Gasteiger partial charge in [-0.3, -0.25) is 4.79 Å². The van der Waals surface area contributed by atoms with Crippen molar-refractivity contribution in [3.05, 3.63) is 80.4 Å². The van der Waals surface area contributed by atoms with E-state index in [1.54, 1.807) is 12.1 Å². The predicted molar refractivity (Wildman–Crippen MR) is 102 cm³/mol. The second-order valence-electron chi connectivity index (χ2n) is 6.62. The van der Waals surface area contributed by atoms with Crippen molar-refractivity contribution in [3.63, 3.8) is 0 Å². The average molecular weight is 388 g/mol. The van der Waals surface area contributed by atoms with E-state index in [2.05, 4.69) is 5.32 Å². The number of nitrogens with one attached hydrogen (secondary N) is 1. The van der Waals surface area contributed by atoms with Gasteiger partial charge in [0, 0.05) is 10.4 Å². The van der Waals surface area contributed by atoms with E-state index in [1.165, 1.54) is 34.8 Å². The zero-order valence-corrected chi connectivity index (χ0v) is 15.6. The molecule has 0 unspecified atom stereocenters. The first-order valence-electron chi connectivity index (χ1n) is 8.38. The normalized spacial score (nSPS) is 17.5. The quantitative estimate of drug-likeness (QED) is 0.671. The molecule has 26 heavy (non-hydrogen) atoms. The van der Waals surface area contributed by atoms with Gasteiger partial charge in [0.25, 0.3) is 0 Å². The van der Waals surface area contributed by atoms with Gasteiger partial charge in [-0.2, -0.15) is 11.3 Å². The van der Waals surface area contributed by atoms with Gasteiger partial charge in [-0.15, -0.1) is 11.3 Å². The molecule has 4 rings (SSSR count). The largest absolute Gasteiger partial charge is 0.378 e. The maximum absolute atomic E-state index is 13.2. The van der Waals surface area contributed by atoms with Crippen LogP contribution in [-0.4, -0.2) is 17.6 Å². The van der Waals surface area contributed by atoms with Crippen LogP contribution in [0.5, 0.6) is 0 Å². The number of amides is 1. The van der Waals surface area contributed by atoms with Gasteiger partial charge in [-0.25, -0.2) is 4.39 Å². The molecule has 0 radical (unpaired) electrons. The van der Waals surface area contributed by atoms with Crippen LogP contribution in [0.25, 0.3) is 0 Å². The van der Waals surface area contributed by atoms with Crippen molar-refractivity contribution >= 4 is 28.6 Å². The van der Waals surface area contributed by atoms with Gasteiger partial charge in [0.15, 0.2) is 0 Å². The Labute approximate surface area is 159 Å².